The highest BCUT2D eigenvalue weighted by atomic mass is 35.5. The van der Waals surface area contributed by atoms with Crippen LogP contribution >= 0.6 is 11.6 Å². The summed E-state index contributed by atoms with van der Waals surface area (Å²) in [6.07, 6.45) is 16.9. The maximum absolute atomic E-state index is 13.3. The fourth-order valence-corrected chi connectivity index (χ4v) is 21.4. The van der Waals surface area contributed by atoms with Gasteiger partial charge in [0.2, 0.25) is 0 Å². The van der Waals surface area contributed by atoms with Crippen LogP contribution in [0.25, 0.3) is 66.2 Å². The van der Waals surface area contributed by atoms with Crippen molar-refractivity contribution in [2.24, 2.45) is 5.92 Å². The first-order chi connectivity index (χ1) is 72.2. The van der Waals surface area contributed by atoms with Gasteiger partial charge in [0.05, 0.1) is 34.4 Å². The molecule has 0 spiro atoms. The van der Waals surface area contributed by atoms with Gasteiger partial charge in [-0.15, -0.1) is 0 Å². The van der Waals surface area contributed by atoms with Gasteiger partial charge in [-0.25, -0.2) is 4.79 Å². The molecule has 4 amide bonds. The van der Waals surface area contributed by atoms with E-state index < -0.39 is 23.6 Å². The molecule has 20 rings (SSSR count). The number of rotatable bonds is 21. The van der Waals surface area contributed by atoms with Crippen molar-refractivity contribution in [2.75, 3.05) is 93.3 Å². The molecule has 5 aliphatic heterocycles. The Morgan fingerprint density at radius 2 is 0.700 bits per heavy atom. The van der Waals surface area contributed by atoms with Crippen LogP contribution in [0.2, 0.25) is 5.02 Å². The maximum Gasteiger partial charge on any atom is 0.416 e. The topological polar surface area (TPSA) is 326 Å². The largest absolute Gasteiger partial charge is 0.508 e. The zero-order chi connectivity index (χ0) is 106. The minimum Gasteiger partial charge on any atom is -0.508 e. The SMILES string of the molecule is CCOC(=O)c1c(-c2ccccc2)oc2ccc(O)c(CN3CCCCCC3)c12.Cc1ccc(NC(=O)c2c(C)oc3ccc(O)c(CN4CCCCCC4)c23)c(C)c1.Cc1ccc(NC(=O)c2c(C)oc3ccc(O)c(CN4CCCCCC4)c23)cc1.Cc1oc2ccc(O)c(CN3CCC(C)CC3)c2c1C(=O)Nc1cccc(C(F)(F)F)c1.Cc1oc2ccc(O)c(CN3CCCCCC3)c2c1C(=O)Nc1cccc(Cl)c1C. The lowest BCUT2D eigenvalue weighted by molar-refractivity contribution is -0.137. The first-order valence-corrected chi connectivity index (χ1v) is 53.0. The number of phenolic OH excluding ortho intramolecular Hbond substituents is 5. The highest BCUT2D eigenvalue weighted by molar-refractivity contribution is 6.32. The molecule has 0 unspecified atom stereocenters. The highest BCUT2D eigenvalue weighted by Crippen LogP contribution is 2.45. The molecule has 0 aliphatic carbocycles. The van der Waals surface area contributed by atoms with E-state index in [1.165, 1.54) is 89.2 Å². The average Bonchev–Trinajstić information content (AvgIpc) is 1.62. The smallest absolute Gasteiger partial charge is 0.416 e. The zero-order valence-corrected chi connectivity index (χ0v) is 88.1. The molecule has 5 saturated heterocycles. The molecule has 0 saturated carbocycles. The Morgan fingerprint density at radius 1 is 0.360 bits per heavy atom. The number of carbonyl (C=O) groups excluding carboxylic acids is 5. The summed E-state index contributed by atoms with van der Waals surface area (Å²) in [4.78, 5) is 77.4. The minimum atomic E-state index is -4.51. The van der Waals surface area contributed by atoms with Crippen molar-refractivity contribution in [3.8, 4) is 40.1 Å². The van der Waals surface area contributed by atoms with E-state index in [1.807, 2.05) is 120 Å². The van der Waals surface area contributed by atoms with E-state index in [1.54, 1.807) is 94.4 Å². The van der Waals surface area contributed by atoms with Gasteiger partial charge < -0.3 is 73.6 Å². The average molecular weight is 2070 g/mol. The van der Waals surface area contributed by atoms with E-state index in [9.17, 15) is 62.7 Å². The molecule has 0 bridgehead atoms. The summed E-state index contributed by atoms with van der Waals surface area (Å²) in [5.74, 6) is 2.32. The number of aryl methyl sites for hydroxylation is 7. The number of fused-ring (bicyclic) bond motifs is 5. The molecule has 0 radical (unpaired) electrons. The Kier molecular flexibility index (Phi) is 36.1. The number of carbonyl (C=O) groups is 5. The number of phenols is 5. The van der Waals surface area contributed by atoms with E-state index in [-0.39, 0.29) is 64.3 Å². The number of esters is 1. The quantitative estimate of drug-likeness (QED) is 0.0302. The molecule has 10 heterocycles. The number of amides is 4. The number of anilines is 4. The third kappa shape index (κ3) is 26.2. The predicted molar refractivity (Wildman–Crippen MR) is 585 cm³/mol. The molecule has 10 aromatic carbocycles. The molecule has 29 heteroatoms. The summed E-state index contributed by atoms with van der Waals surface area (Å²) in [6, 6.07) is 49.9. The van der Waals surface area contributed by atoms with E-state index in [0.29, 0.717) is 150 Å². The first kappa shape index (κ1) is 109. The second-order valence-corrected chi connectivity index (χ2v) is 40.8. The van der Waals surface area contributed by atoms with Crippen molar-refractivity contribution in [1.29, 1.82) is 0 Å². The third-order valence-corrected chi connectivity index (χ3v) is 29.7. The van der Waals surface area contributed by atoms with Crippen LogP contribution in [0.5, 0.6) is 28.7 Å². The molecule has 9 N–H and O–H groups in total. The Bertz CT molecular complexity index is 7310. The predicted octanol–water partition coefficient (Wildman–Crippen LogP) is 28.4. The number of nitrogens with one attached hydrogen (secondary N) is 4. The number of aromatic hydroxyl groups is 5. The van der Waals surface area contributed by atoms with Crippen LogP contribution < -0.4 is 21.3 Å². The number of nitrogens with zero attached hydrogens (tertiary/aromatic N) is 5. The van der Waals surface area contributed by atoms with Crippen molar-refractivity contribution in [1.82, 2.24) is 24.5 Å². The molecule has 0 atom stereocenters. The van der Waals surface area contributed by atoms with Crippen LogP contribution in [0.15, 0.2) is 198 Å². The lowest BCUT2D eigenvalue weighted by Crippen LogP contribution is -2.32. The molecule has 5 fully saturated rings. The Labute approximate surface area is 878 Å². The van der Waals surface area contributed by atoms with Gasteiger partial charge in [-0.2, -0.15) is 13.2 Å². The number of halogens is 4. The summed E-state index contributed by atoms with van der Waals surface area (Å²) in [7, 11) is 0. The van der Waals surface area contributed by atoms with Gasteiger partial charge in [0.25, 0.3) is 23.6 Å². The monoisotopic (exact) mass is 2060 g/mol. The standard InChI is InChI=1S/C25H30N2O3.C24H27ClN2O3.C24H25F3N2O3.C24H28N2O3.C24H27NO4/c1-16-8-9-20(17(2)14-16)26-25(29)23-18(3)30-22-11-10-21(28)19(24(22)23)15-27-12-6-4-5-7-13-27;1-15-18(25)8-7-9-19(15)26-24(29)22-16(2)30-21-11-10-20(28)17(23(21)22)14-27-12-5-3-4-6-13-27;1-14-8-10-29(11-9-14)13-18-19(30)6-7-20-22(18)21(15(2)32-20)23(31)28-17-5-3-4-16(12-17)24(25,26)27;1-16-7-9-18(10-8-16)25-24(28)22-17(2)29-21-12-11-20(27)19(23(21)22)15-26-13-5-3-4-6-14-26;1-2-28-24(27)22-21-18(16-25-14-8-3-4-9-15-25)19(26)12-13-20(21)29-23(22)17-10-6-5-7-11-17/h8-11,14,28H,4-7,12-13,15H2,1-3H3,(H,26,29);7-11,28H,3-6,12-14H2,1-2H3,(H,26,29);3-7,12,14,30H,8-11,13H2,1-2H3,(H,28,31);7-12,27H,3-6,13-15H2,1-2H3,(H,25,28);5-7,10-13,26H,2-4,8-9,14-16H2,1H3. The number of ether oxygens (including phenoxy) is 1. The molecule has 5 aliphatic rings. The maximum atomic E-state index is 13.3. The van der Waals surface area contributed by atoms with E-state index in [2.05, 4.69) is 52.7 Å². The second-order valence-electron chi connectivity index (χ2n) is 40.4. The fraction of sp³-hybridized carbons (Fsp3) is 0.380. The van der Waals surface area contributed by atoms with Crippen molar-refractivity contribution >= 4 is 119 Å². The van der Waals surface area contributed by atoms with Crippen molar-refractivity contribution in [3.63, 3.8) is 0 Å². The van der Waals surface area contributed by atoms with Crippen molar-refractivity contribution in [3.05, 3.63) is 287 Å². The molecule has 150 heavy (non-hydrogen) atoms. The lowest BCUT2D eigenvalue weighted by Gasteiger charge is -2.30. The second kappa shape index (κ2) is 49.7. The Hall–Kier alpha value is -13.9. The molecular weight excluding hydrogens is 1930 g/mol. The van der Waals surface area contributed by atoms with E-state index >= 15 is 0 Å². The summed E-state index contributed by atoms with van der Waals surface area (Å²) in [5.41, 5.74) is 14.9. The number of piperidine rings is 1. The van der Waals surface area contributed by atoms with Gasteiger partial charge in [0.15, 0.2) is 0 Å². The lowest BCUT2D eigenvalue weighted by atomic mass is 9.97. The van der Waals surface area contributed by atoms with Gasteiger partial charge in [-0.1, -0.05) is 148 Å². The third-order valence-electron chi connectivity index (χ3n) is 29.3. The van der Waals surface area contributed by atoms with Crippen LogP contribution in [0.1, 0.15) is 260 Å². The molecule has 15 aromatic rings. The summed E-state index contributed by atoms with van der Waals surface area (Å²) < 4.78 is 74.1. The summed E-state index contributed by atoms with van der Waals surface area (Å²) in [5, 5.41) is 68.7. The van der Waals surface area contributed by atoms with Gasteiger partial charge in [0, 0.05) is 121 Å². The van der Waals surface area contributed by atoms with E-state index in [0.717, 1.165) is 188 Å². The Morgan fingerprint density at radius 3 is 1.07 bits per heavy atom. The number of hydrogen-bond donors (Lipinski definition) is 9. The van der Waals surface area contributed by atoms with Crippen molar-refractivity contribution < 1.29 is 89.5 Å². The number of likely N-dealkylation sites (tertiary alicyclic amines) is 5. The Balaban J connectivity index is 0.000000134. The first-order valence-electron chi connectivity index (χ1n) is 52.6. The zero-order valence-electron chi connectivity index (χ0n) is 87.3. The number of hydrogen-bond acceptors (Lipinski definition) is 21. The van der Waals surface area contributed by atoms with Gasteiger partial charge >= 0.3 is 12.1 Å². The van der Waals surface area contributed by atoms with Gasteiger partial charge in [-0.05, 0) is 318 Å². The van der Waals surface area contributed by atoms with E-state index in [4.69, 9.17) is 38.4 Å². The van der Waals surface area contributed by atoms with Crippen LogP contribution in [0.4, 0.5) is 35.9 Å². The van der Waals surface area contributed by atoms with Crippen LogP contribution in [0.3, 0.4) is 0 Å². The van der Waals surface area contributed by atoms with Gasteiger partial charge in [-0.3, -0.25) is 43.7 Å². The number of alkyl halides is 3. The normalized spacial score (nSPS) is 15.5. The van der Waals surface area contributed by atoms with Gasteiger partial charge in [0.1, 0.15) is 91.0 Å². The minimum absolute atomic E-state index is 0.0327. The molecule has 5 aromatic heterocycles. The molecular formula is C121H137ClF3N9O16. The highest BCUT2D eigenvalue weighted by Gasteiger charge is 2.36. The summed E-state index contributed by atoms with van der Waals surface area (Å²) in [6.45, 7) is 31.9. The van der Waals surface area contributed by atoms with Crippen molar-refractivity contribution in [2.45, 2.75) is 224 Å². The van der Waals surface area contributed by atoms with Crippen LogP contribution in [0, 0.1) is 61.3 Å². The number of furan rings is 5. The molecule has 790 valence electrons. The summed E-state index contributed by atoms with van der Waals surface area (Å²) >= 11 is 6.21. The molecule has 25 nitrogen and oxygen atoms in total. The van der Waals surface area contributed by atoms with Crippen LogP contribution in [-0.2, 0) is 43.6 Å². The number of benzene rings is 10. The fourth-order valence-electron chi connectivity index (χ4n) is 21.2. The van der Waals surface area contributed by atoms with Crippen LogP contribution in [-0.4, -0.2) is 152 Å².